The lowest BCUT2D eigenvalue weighted by atomic mass is 10.4. The van der Waals surface area contributed by atoms with Crippen LogP contribution in [0.5, 0.6) is 0 Å². The molecule has 0 unspecified atom stereocenters. The Morgan fingerprint density at radius 1 is 1.62 bits per heavy atom. The van der Waals surface area contributed by atoms with Gasteiger partial charge in [0.15, 0.2) is 0 Å². The van der Waals surface area contributed by atoms with Crippen molar-refractivity contribution >= 4 is 17.0 Å². The van der Waals surface area contributed by atoms with E-state index in [0.29, 0.717) is 13.1 Å². The fourth-order valence-corrected chi connectivity index (χ4v) is 0.207. The van der Waals surface area contributed by atoms with Crippen molar-refractivity contribution in [3.8, 4) is 0 Å². The second-order valence-electron chi connectivity index (χ2n) is 1.10. The smallest absolute Gasteiger partial charge is 0.0269 e. The Bertz CT molecular complexity index is 77.4. The molecule has 0 aliphatic carbocycles. The van der Waals surface area contributed by atoms with Gasteiger partial charge in [-0.1, -0.05) is 5.11 Å². The molecule has 5 heteroatoms. The standard InChI is InChI=1S/C3H8N4.BrH/c4-2-1-3-6-7-5;/h1-4H2;1H. The van der Waals surface area contributed by atoms with Crippen LogP contribution in [0.3, 0.4) is 0 Å². The quantitative estimate of drug-likeness (QED) is 0.302. The minimum Gasteiger partial charge on any atom is -0.330 e. The van der Waals surface area contributed by atoms with Crippen molar-refractivity contribution in [1.29, 1.82) is 0 Å². The van der Waals surface area contributed by atoms with Crippen LogP contribution >= 0.6 is 17.0 Å². The molecule has 0 bridgehead atoms. The van der Waals surface area contributed by atoms with Gasteiger partial charge in [0.1, 0.15) is 0 Å². The Morgan fingerprint density at radius 2 is 2.25 bits per heavy atom. The van der Waals surface area contributed by atoms with Gasteiger partial charge in [-0.15, -0.1) is 17.0 Å². The SMILES string of the molecule is Br.[N-]=[N+]=NCCCN. The van der Waals surface area contributed by atoms with E-state index < -0.39 is 0 Å². The van der Waals surface area contributed by atoms with Gasteiger partial charge in [0.25, 0.3) is 0 Å². The first kappa shape index (κ1) is 10.7. The molecular weight excluding hydrogens is 172 g/mol. The van der Waals surface area contributed by atoms with E-state index in [1.807, 2.05) is 0 Å². The minimum absolute atomic E-state index is 0. The zero-order valence-electron chi connectivity index (χ0n) is 4.45. The zero-order valence-corrected chi connectivity index (χ0v) is 6.16. The average Bonchev–Trinajstić information content (AvgIpc) is 1.69. The van der Waals surface area contributed by atoms with Crippen LogP contribution in [0, 0.1) is 0 Å². The number of rotatable bonds is 3. The van der Waals surface area contributed by atoms with Crippen LogP contribution in [-0.2, 0) is 0 Å². The van der Waals surface area contributed by atoms with Crippen molar-refractivity contribution in [3.05, 3.63) is 10.4 Å². The van der Waals surface area contributed by atoms with Crippen molar-refractivity contribution in [2.24, 2.45) is 10.8 Å². The van der Waals surface area contributed by atoms with E-state index in [1.54, 1.807) is 0 Å². The summed E-state index contributed by atoms with van der Waals surface area (Å²) in [6, 6.07) is 0. The van der Waals surface area contributed by atoms with Gasteiger partial charge >= 0.3 is 0 Å². The summed E-state index contributed by atoms with van der Waals surface area (Å²) in [6.45, 7) is 1.12. The third kappa shape index (κ3) is 9.23. The Kier molecular flexibility index (Phi) is 13.2. The Balaban J connectivity index is 0. The largest absolute Gasteiger partial charge is 0.330 e. The van der Waals surface area contributed by atoms with Gasteiger partial charge in [0.2, 0.25) is 0 Å². The lowest BCUT2D eigenvalue weighted by Gasteiger charge is -1.81. The Hall–Kier alpha value is -0.250. The van der Waals surface area contributed by atoms with Crippen LogP contribution in [0.1, 0.15) is 6.42 Å². The van der Waals surface area contributed by atoms with Gasteiger partial charge in [-0.3, -0.25) is 0 Å². The summed E-state index contributed by atoms with van der Waals surface area (Å²) in [7, 11) is 0. The molecule has 0 heterocycles. The first-order valence-corrected chi connectivity index (χ1v) is 2.12. The molecule has 2 N–H and O–H groups in total. The minimum atomic E-state index is 0. The average molecular weight is 181 g/mol. The molecule has 0 atom stereocenters. The molecule has 0 radical (unpaired) electrons. The number of hydrogen-bond donors (Lipinski definition) is 1. The number of azide groups is 1. The van der Waals surface area contributed by atoms with Crippen LogP contribution in [0.4, 0.5) is 0 Å². The topological polar surface area (TPSA) is 74.8 Å². The zero-order chi connectivity index (χ0) is 5.54. The maximum absolute atomic E-state index is 7.71. The molecule has 8 heavy (non-hydrogen) atoms. The first-order valence-electron chi connectivity index (χ1n) is 2.12. The lowest BCUT2D eigenvalue weighted by Crippen LogP contribution is -1.98. The van der Waals surface area contributed by atoms with Gasteiger partial charge in [0.05, 0.1) is 0 Å². The Labute approximate surface area is 58.5 Å². The normalized spacial score (nSPS) is 6.62. The highest BCUT2D eigenvalue weighted by atomic mass is 79.9. The third-order valence-electron chi connectivity index (χ3n) is 0.525. The van der Waals surface area contributed by atoms with Crippen LogP contribution in [0.15, 0.2) is 5.11 Å². The fourth-order valence-electron chi connectivity index (χ4n) is 0.207. The molecule has 0 amide bonds. The highest BCUT2D eigenvalue weighted by Crippen LogP contribution is 1.74. The van der Waals surface area contributed by atoms with Crippen LogP contribution < -0.4 is 5.73 Å². The van der Waals surface area contributed by atoms with E-state index in [1.165, 1.54) is 0 Å². The molecule has 0 fully saturated rings. The molecular formula is C3H9BrN4. The highest BCUT2D eigenvalue weighted by molar-refractivity contribution is 8.93. The second kappa shape index (κ2) is 9.89. The van der Waals surface area contributed by atoms with Crippen molar-refractivity contribution in [3.63, 3.8) is 0 Å². The maximum Gasteiger partial charge on any atom is 0.0269 e. The summed E-state index contributed by atoms with van der Waals surface area (Å²) in [5, 5.41) is 3.26. The van der Waals surface area contributed by atoms with Gasteiger partial charge in [-0.2, -0.15) is 0 Å². The highest BCUT2D eigenvalue weighted by Gasteiger charge is 1.74. The number of nitrogens with zero attached hydrogens (tertiary/aromatic N) is 3. The fraction of sp³-hybridized carbons (Fsp3) is 1.00. The maximum atomic E-state index is 7.71. The molecule has 48 valence electrons. The molecule has 0 aromatic rings. The van der Waals surface area contributed by atoms with Crippen LogP contribution in [0.25, 0.3) is 10.4 Å². The number of halogens is 1. The Morgan fingerprint density at radius 3 is 2.62 bits per heavy atom. The first-order chi connectivity index (χ1) is 3.41. The van der Waals surface area contributed by atoms with Crippen molar-refractivity contribution in [2.75, 3.05) is 13.1 Å². The number of hydrogen-bond acceptors (Lipinski definition) is 2. The molecule has 0 saturated carbocycles. The molecule has 0 rings (SSSR count). The summed E-state index contributed by atoms with van der Waals surface area (Å²) in [6.07, 6.45) is 0.782. The summed E-state index contributed by atoms with van der Waals surface area (Å²) < 4.78 is 0. The second-order valence-corrected chi connectivity index (χ2v) is 1.10. The van der Waals surface area contributed by atoms with Crippen molar-refractivity contribution < 1.29 is 0 Å². The third-order valence-corrected chi connectivity index (χ3v) is 0.525. The summed E-state index contributed by atoms with van der Waals surface area (Å²) in [5.74, 6) is 0. The molecule has 0 spiro atoms. The van der Waals surface area contributed by atoms with E-state index in [0.717, 1.165) is 6.42 Å². The van der Waals surface area contributed by atoms with Gasteiger partial charge < -0.3 is 5.73 Å². The summed E-state index contributed by atoms with van der Waals surface area (Å²) in [5.41, 5.74) is 12.8. The molecule has 0 saturated heterocycles. The predicted molar refractivity (Wildman–Crippen MR) is 38.0 cm³/mol. The van der Waals surface area contributed by atoms with Crippen LogP contribution in [-0.4, -0.2) is 13.1 Å². The van der Waals surface area contributed by atoms with E-state index in [9.17, 15) is 0 Å². The molecule has 0 aromatic carbocycles. The van der Waals surface area contributed by atoms with E-state index in [-0.39, 0.29) is 17.0 Å². The molecule has 0 aromatic heterocycles. The van der Waals surface area contributed by atoms with Gasteiger partial charge in [0, 0.05) is 11.5 Å². The van der Waals surface area contributed by atoms with E-state index in [4.69, 9.17) is 11.3 Å². The molecule has 0 aliphatic rings. The monoisotopic (exact) mass is 180 g/mol. The van der Waals surface area contributed by atoms with Gasteiger partial charge in [-0.25, -0.2) is 0 Å². The van der Waals surface area contributed by atoms with Crippen molar-refractivity contribution in [2.45, 2.75) is 6.42 Å². The van der Waals surface area contributed by atoms with Crippen LogP contribution in [0.2, 0.25) is 0 Å². The van der Waals surface area contributed by atoms with Crippen molar-refractivity contribution in [1.82, 2.24) is 0 Å². The molecule has 0 aliphatic heterocycles. The lowest BCUT2D eigenvalue weighted by molar-refractivity contribution is 0.838. The van der Waals surface area contributed by atoms with E-state index >= 15 is 0 Å². The number of nitrogens with two attached hydrogens (primary N) is 1. The predicted octanol–water partition coefficient (Wildman–Crippen LogP) is 1.22. The van der Waals surface area contributed by atoms with Gasteiger partial charge in [-0.05, 0) is 18.5 Å². The molecule has 4 nitrogen and oxygen atoms in total. The summed E-state index contributed by atoms with van der Waals surface area (Å²) >= 11 is 0. The van der Waals surface area contributed by atoms with E-state index in [2.05, 4.69) is 10.0 Å². The summed E-state index contributed by atoms with van der Waals surface area (Å²) in [4.78, 5) is 2.54.